The fraction of sp³-hybridized carbons (Fsp3) is 0.929. The average Bonchev–Trinajstić information content (AvgIpc) is 2.86. The number of carboxylic acid groups (broad SMARTS) is 2. The molecule has 0 fully saturated rings. The topological polar surface area (TPSA) is 165 Å². The molecule has 0 aromatic rings. The minimum atomic E-state index is -2.06. The standard InChI is InChI=1S/C28H54O9.2Na.2H/c1-3-5-7-9-11-13-15-17-19-21(29)23(31)25(27(33)34)37-26(28(35)36)24(32)22(30)20-18-16-14-12-10-8-6-4-2;;;;/h21-26,29-32H,3-20H2,1-2H3,(H,33,34)(H,35,36);;;;. The second kappa shape index (κ2) is 28.8. The summed E-state index contributed by atoms with van der Waals surface area (Å²) in [6.45, 7) is 4.31. The van der Waals surface area contributed by atoms with Gasteiger partial charge in [0, 0.05) is 0 Å². The summed E-state index contributed by atoms with van der Waals surface area (Å²) in [6.07, 6.45) is 6.00. The van der Waals surface area contributed by atoms with Crippen LogP contribution >= 0.6 is 0 Å². The summed E-state index contributed by atoms with van der Waals surface area (Å²) in [4.78, 5) is 23.4. The number of unbranched alkanes of at least 4 members (excludes halogenated alkanes) is 14. The van der Waals surface area contributed by atoms with Crippen LogP contribution in [0, 0.1) is 0 Å². The molecule has 0 aliphatic carbocycles. The first-order valence-electron chi connectivity index (χ1n) is 14.5. The van der Waals surface area contributed by atoms with Gasteiger partial charge in [-0.1, -0.05) is 117 Å². The zero-order valence-electron chi connectivity index (χ0n) is 23.1. The van der Waals surface area contributed by atoms with E-state index in [0.717, 1.165) is 51.4 Å². The van der Waals surface area contributed by atoms with Gasteiger partial charge in [-0.3, -0.25) is 0 Å². The second-order valence-electron chi connectivity index (χ2n) is 10.3. The molecule has 39 heavy (non-hydrogen) atoms. The van der Waals surface area contributed by atoms with E-state index in [9.17, 15) is 40.2 Å². The predicted molar refractivity (Wildman–Crippen MR) is 157 cm³/mol. The first-order chi connectivity index (χ1) is 17.7. The van der Waals surface area contributed by atoms with Crippen LogP contribution in [0.2, 0.25) is 0 Å². The Balaban J connectivity index is -0.00000648. The van der Waals surface area contributed by atoms with Crippen molar-refractivity contribution in [3.63, 3.8) is 0 Å². The Hall–Kier alpha value is 0.740. The van der Waals surface area contributed by atoms with Crippen LogP contribution in [-0.4, -0.2) is 138 Å². The van der Waals surface area contributed by atoms with E-state index in [1.807, 2.05) is 0 Å². The molecule has 0 amide bonds. The fourth-order valence-corrected chi connectivity index (χ4v) is 4.45. The minimum absolute atomic E-state index is 0. The first kappa shape index (κ1) is 44.2. The Labute approximate surface area is 280 Å². The van der Waals surface area contributed by atoms with E-state index in [1.54, 1.807) is 0 Å². The van der Waals surface area contributed by atoms with Crippen molar-refractivity contribution in [1.82, 2.24) is 0 Å². The molecular formula is C28H56Na2O9. The van der Waals surface area contributed by atoms with Gasteiger partial charge >= 0.3 is 71.1 Å². The number of aliphatic hydroxyl groups is 4. The van der Waals surface area contributed by atoms with Crippen molar-refractivity contribution >= 4 is 71.1 Å². The Morgan fingerprint density at radius 1 is 0.513 bits per heavy atom. The molecule has 0 aliphatic rings. The van der Waals surface area contributed by atoms with E-state index in [4.69, 9.17) is 4.74 Å². The maximum atomic E-state index is 11.7. The van der Waals surface area contributed by atoms with Crippen molar-refractivity contribution in [2.75, 3.05) is 0 Å². The monoisotopic (exact) mass is 582 g/mol. The Morgan fingerprint density at radius 3 is 1.03 bits per heavy atom. The maximum absolute atomic E-state index is 11.7. The van der Waals surface area contributed by atoms with Crippen molar-refractivity contribution in [3.8, 4) is 0 Å². The molecular weight excluding hydrogens is 526 g/mol. The van der Waals surface area contributed by atoms with Crippen molar-refractivity contribution < 1.29 is 45.0 Å². The van der Waals surface area contributed by atoms with Gasteiger partial charge in [0.05, 0.1) is 12.2 Å². The van der Waals surface area contributed by atoms with Gasteiger partial charge in [-0.2, -0.15) is 0 Å². The number of ether oxygens (including phenoxy) is 1. The van der Waals surface area contributed by atoms with Gasteiger partial charge in [-0.15, -0.1) is 0 Å². The van der Waals surface area contributed by atoms with E-state index >= 15 is 0 Å². The number of hydrogen-bond donors (Lipinski definition) is 6. The Bertz CT molecular complexity index is 535. The Kier molecular flexibility index (Phi) is 32.7. The van der Waals surface area contributed by atoms with Crippen LogP contribution in [0.1, 0.15) is 129 Å². The van der Waals surface area contributed by atoms with Crippen LogP contribution in [0.5, 0.6) is 0 Å². The molecule has 0 rings (SSSR count). The number of aliphatic carboxylic acids is 2. The molecule has 0 saturated carbocycles. The predicted octanol–water partition coefficient (Wildman–Crippen LogP) is 3.12. The van der Waals surface area contributed by atoms with Gasteiger partial charge < -0.3 is 35.4 Å². The summed E-state index contributed by atoms with van der Waals surface area (Å²) < 4.78 is 5.08. The summed E-state index contributed by atoms with van der Waals surface area (Å²) >= 11 is 0. The number of rotatable bonds is 26. The molecule has 0 aromatic heterocycles. The van der Waals surface area contributed by atoms with E-state index in [0.29, 0.717) is 12.8 Å². The van der Waals surface area contributed by atoms with Crippen molar-refractivity contribution in [3.05, 3.63) is 0 Å². The normalized spacial score (nSPS) is 15.7. The third-order valence-corrected chi connectivity index (χ3v) is 6.90. The second-order valence-corrected chi connectivity index (χ2v) is 10.3. The van der Waals surface area contributed by atoms with E-state index in [2.05, 4.69) is 13.8 Å². The van der Waals surface area contributed by atoms with Crippen LogP contribution in [0.25, 0.3) is 0 Å². The number of hydrogen-bond acceptors (Lipinski definition) is 7. The van der Waals surface area contributed by atoms with Gasteiger partial charge in [0.1, 0.15) is 12.2 Å². The van der Waals surface area contributed by atoms with Gasteiger partial charge in [-0.25, -0.2) is 9.59 Å². The summed E-state index contributed by atoms with van der Waals surface area (Å²) in [5, 5.41) is 60.4. The van der Waals surface area contributed by atoms with Crippen molar-refractivity contribution in [2.45, 2.75) is 166 Å². The van der Waals surface area contributed by atoms with Crippen LogP contribution < -0.4 is 0 Å². The molecule has 6 N–H and O–H groups in total. The molecule has 224 valence electrons. The van der Waals surface area contributed by atoms with E-state index in [-0.39, 0.29) is 72.0 Å². The van der Waals surface area contributed by atoms with Gasteiger partial charge in [0.15, 0.2) is 12.2 Å². The molecule has 0 aliphatic heterocycles. The van der Waals surface area contributed by atoms with Crippen LogP contribution in [0.3, 0.4) is 0 Å². The molecule has 0 spiro atoms. The summed E-state index contributed by atoms with van der Waals surface area (Å²) in [5.74, 6) is -3.31. The summed E-state index contributed by atoms with van der Waals surface area (Å²) in [7, 11) is 0. The van der Waals surface area contributed by atoms with Gasteiger partial charge in [0.25, 0.3) is 0 Å². The van der Waals surface area contributed by atoms with Gasteiger partial charge in [0.2, 0.25) is 0 Å². The molecule has 0 aromatic carbocycles. The fourth-order valence-electron chi connectivity index (χ4n) is 4.45. The van der Waals surface area contributed by atoms with Crippen molar-refractivity contribution in [1.29, 1.82) is 0 Å². The third-order valence-electron chi connectivity index (χ3n) is 6.90. The summed E-state index contributed by atoms with van der Waals surface area (Å²) in [5.41, 5.74) is 0. The molecule has 0 radical (unpaired) electrons. The first-order valence-corrected chi connectivity index (χ1v) is 14.5. The SMILES string of the molecule is CCCCCCCCCCC(O)C(O)C(OC(C(=O)O)C(O)C(O)CCCCCCCCCC)C(=O)O.[NaH].[NaH]. The van der Waals surface area contributed by atoms with Crippen LogP contribution in [-0.2, 0) is 14.3 Å². The van der Waals surface area contributed by atoms with E-state index in [1.165, 1.54) is 38.5 Å². The molecule has 6 unspecified atom stereocenters. The summed E-state index contributed by atoms with van der Waals surface area (Å²) in [6, 6.07) is 0. The van der Waals surface area contributed by atoms with Crippen LogP contribution in [0.4, 0.5) is 0 Å². The molecule has 6 atom stereocenters. The van der Waals surface area contributed by atoms with E-state index < -0.39 is 48.6 Å². The number of aliphatic hydroxyl groups excluding tert-OH is 4. The molecule has 11 heteroatoms. The number of carbonyl (C=O) groups is 2. The van der Waals surface area contributed by atoms with Gasteiger partial charge in [-0.05, 0) is 12.8 Å². The molecule has 0 bridgehead atoms. The molecule has 0 saturated heterocycles. The number of carboxylic acids is 2. The third kappa shape index (κ3) is 22.0. The quantitative estimate of drug-likeness (QED) is 0.0664. The molecule has 0 heterocycles. The average molecular weight is 583 g/mol. The molecule has 9 nitrogen and oxygen atoms in total. The Morgan fingerprint density at radius 2 is 0.769 bits per heavy atom. The zero-order valence-corrected chi connectivity index (χ0v) is 23.1. The zero-order chi connectivity index (χ0) is 28.1. The van der Waals surface area contributed by atoms with Crippen LogP contribution in [0.15, 0.2) is 0 Å². The van der Waals surface area contributed by atoms with Crippen molar-refractivity contribution in [2.24, 2.45) is 0 Å².